The fourth-order valence-electron chi connectivity index (χ4n) is 13.7. The van der Waals surface area contributed by atoms with Crippen molar-refractivity contribution in [1.29, 1.82) is 0 Å². The first-order valence-electron chi connectivity index (χ1n) is 29.2. The van der Waals surface area contributed by atoms with Crippen molar-refractivity contribution in [2.45, 2.75) is 32.4 Å². The lowest BCUT2D eigenvalue weighted by atomic mass is 9.62. The number of para-hydroxylation sites is 3. The summed E-state index contributed by atoms with van der Waals surface area (Å²) in [5, 5.41) is 5.71. The third-order valence-electron chi connectivity index (χ3n) is 17.6. The first-order chi connectivity index (χ1) is 42.8. The van der Waals surface area contributed by atoms with E-state index in [0.717, 1.165) is 127 Å². The second kappa shape index (κ2) is 20.9. The number of allylic oxidation sites excluding steroid dienone is 1. The lowest BCUT2D eigenvalue weighted by Crippen LogP contribution is -2.56. The van der Waals surface area contributed by atoms with Gasteiger partial charge in [-0.25, -0.2) is 0 Å². The Morgan fingerprint density at radius 2 is 1.03 bits per heavy atom. The van der Waals surface area contributed by atoms with Crippen LogP contribution in [0.1, 0.15) is 17.7 Å². The standard InChI is InChI=1S/C78H47B5N2OS/c79-71-72(80)74(82)78(75(83)73(71)81)87(52-26-9-3-10-27-52,53-28-11-4-12-29-53)54-46-62(48-22-5-1-6-23-48)77(63(47-54)49-24-7-2-8-25-49)85-67-38-19-16-33-58(67)64-45-51(41-42-68(64)85)84-66-37-18-15-32-57(66)61-36-21-35-60(76(61)84)56-31-14-13-30-55(56)50-40-43-70-65(44-50)59-34-17-20-39-69(59)86-70/h1-7,9-18,20-24,26-37,39-47H,19,38H2. The number of benzene rings is 11. The molecule has 396 valence electrons. The molecule has 16 rings (SSSR count). The van der Waals surface area contributed by atoms with Gasteiger partial charge in [0.1, 0.15) is 50.4 Å². The van der Waals surface area contributed by atoms with E-state index in [4.69, 9.17) is 43.6 Å². The first kappa shape index (κ1) is 52.6. The summed E-state index contributed by atoms with van der Waals surface area (Å²) in [6, 6.07) is 95.5. The molecule has 3 aromatic heterocycles. The molecule has 0 saturated heterocycles. The Bertz CT molecular complexity index is 5150. The average molecular weight is 1110 g/mol. The van der Waals surface area contributed by atoms with E-state index >= 15 is 0 Å². The van der Waals surface area contributed by atoms with Gasteiger partial charge < -0.3 is 13.6 Å². The molecule has 0 unspecified atom stereocenters. The number of furan rings is 1. The SMILES string of the molecule is [B]c1c([B])c([B])c(S(c2ccccc2)(c2ccccc2)c2cc(-c3c#cccc3)c(-n3c4c(c5cc(-n6c7ccccc7c7cccc(-c8ccccc8-c8ccc9oc%10ccccc%10c9c8)c76)ccc53)C=CCC4)c(-c3ccccc3)c2)c([B])c1[B]. The van der Waals surface area contributed by atoms with Crippen LogP contribution in [-0.4, -0.2) is 48.4 Å². The molecule has 9 heteroatoms. The van der Waals surface area contributed by atoms with Crippen molar-refractivity contribution in [3.63, 3.8) is 0 Å². The van der Waals surface area contributed by atoms with Crippen molar-refractivity contribution in [1.82, 2.24) is 9.13 Å². The number of nitrogens with zero attached hydrogens (tertiary/aromatic N) is 2. The molecule has 12 aromatic carbocycles. The summed E-state index contributed by atoms with van der Waals surface area (Å²) in [6.07, 6.45) is 6.33. The van der Waals surface area contributed by atoms with E-state index in [0.29, 0.717) is 15.8 Å². The van der Waals surface area contributed by atoms with Gasteiger partial charge >= 0.3 is 0 Å². The number of hydrogen-bond donors (Lipinski definition) is 0. The molecule has 0 saturated carbocycles. The summed E-state index contributed by atoms with van der Waals surface area (Å²) in [6.45, 7) is 0. The quantitative estimate of drug-likeness (QED) is 0.125. The predicted molar refractivity (Wildman–Crippen MR) is 369 cm³/mol. The zero-order valence-electron chi connectivity index (χ0n) is 47.3. The normalized spacial score (nSPS) is 12.6. The molecule has 0 N–H and O–H groups in total. The molecule has 0 spiro atoms. The summed E-state index contributed by atoms with van der Waals surface area (Å²) in [5.74, 6) is 0. The third-order valence-corrected chi connectivity index (χ3v) is 21.6. The topological polar surface area (TPSA) is 23.0 Å². The van der Waals surface area contributed by atoms with Crippen LogP contribution in [0.2, 0.25) is 0 Å². The maximum atomic E-state index is 7.35. The highest BCUT2D eigenvalue weighted by Gasteiger charge is 2.38. The summed E-state index contributed by atoms with van der Waals surface area (Å²) in [7, 11) is 32.5. The van der Waals surface area contributed by atoms with Crippen LogP contribution in [0.25, 0.3) is 117 Å². The molecule has 0 atom stereocenters. The van der Waals surface area contributed by atoms with E-state index in [1.165, 1.54) is 22.0 Å². The van der Waals surface area contributed by atoms with E-state index in [9.17, 15) is 0 Å². The van der Waals surface area contributed by atoms with Gasteiger partial charge in [-0.3, -0.25) is 0 Å². The minimum absolute atomic E-state index is 0.165. The smallest absolute Gasteiger partial charge is 0.135 e. The molecular weight excluding hydrogens is 1070 g/mol. The van der Waals surface area contributed by atoms with Crippen molar-refractivity contribution in [2.24, 2.45) is 0 Å². The molecule has 87 heavy (non-hydrogen) atoms. The van der Waals surface area contributed by atoms with Gasteiger partial charge in [-0.15, -0.1) is 26.4 Å². The van der Waals surface area contributed by atoms with Gasteiger partial charge in [-0.2, -0.15) is 0 Å². The fourth-order valence-corrected chi connectivity index (χ4v) is 17.8. The van der Waals surface area contributed by atoms with Crippen LogP contribution in [0.5, 0.6) is 0 Å². The monoisotopic (exact) mass is 1110 g/mol. The molecule has 0 bridgehead atoms. The molecule has 10 radical (unpaired) electrons. The Morgan fingerprint density at radius 3 is 1.78 bits per heavy atom. The highest BCUT2D eigenvalue weighted by Crippen LogP contribution is 2.73. The van der Waals surface area contributed by atoms with Crippen molar-refractivity contribution >= 4 is 137 Å². The molecule has 1 aliphatic carbocycles. The van der Waals surface area contributed by atoms with Gasteiger partial charge in [0.25, 0.3) is 0 Å². The second-order valence-electron chi connectivity index (χ2n) is 22.3. The minimum atomic E-state index is -2.68. The number of fused-ring (bicyclic) bond motifs is 9. The van der Waals surface area contributed by atoms with Gasteiger partial charge in [0.2, 0.25) is 0 Å². The van der Waals surface area contributed by atoms with Crippen molar-refractivity contribution in [2.75, 3.05) is 0 Å². The van der Waals surface area contributed by atoms with Crippen LogP contribution in [0.3, 0.4) is 0 Å². The Morgan fingerprint density at radius 1 is 0.414 bits per heavy atom. The largest absolute Gasteiger partial charge is 0.456 e. The van der Waals surface area contributed by atoms with E-state index in [1.54, 1.807) is 0 Å². The molecule has 15 aromatic rings. The van der Waals surface area contributed by atoms with E-state index in [2.05, 4.69) is 246 Å². The predicted octanol–water partition coefficient (Wildman–Crippen LogP) is 15.2. The zero-order valence-corrected chi connectivity index (χ0v) is 48.2. The third kappa shape index (κ3) is 8.15. The molecule has 1 aliphatic rings. The van der Waals surface area contributed by atoms with E-state index < -0.39 is 10.0 Å². The van der Waals surface area contributed by atoms with Crippen LogP contribution in [0.15, 0.2) is 279 Å². The Kier molecular flexibility index (Phi) is 12.6. The number of hydrogen-bond acceptors (Lipinski definition) is 1. The fraction of sp³-hybridized carbons (Fsp3) is 0.0256. The molecule has 3 nitrogen and oxygen atoms in total. The van der Waals surface area contributed by atoms with E-state index in [-0.39, 0.29) is 16.4 Å². The zero-order chi connectivity index (χ0) is 58.5. The number of aromatic nitrogens is 2. The maximum absolute atomic E-state index is 7.35. The summed E-state index contributed by atoms with van der Waals surface area (Å²) in [5.41, 5.74) is 19.1. The number of rotatable bonds is 10. The van der Waals surface area contributed by atoms with Crippen LogP contribution in [0.4, 0.5) is 0 Å². The molecule has 3 heterocycles. The minimum Gasteiger partial charge on any atom is -0.456 e. The lowest BCUT2D eigenvalue weighted by Gasteiger charge is -2.46. The Balaban J connectivity index is 0.975. The average Bonchev–Trinajstić information content (AvgIpc) is 1.58. The van der Waals surface area contributed by atoms with Gasteiger partial charge in [0.15, 0.2) is 0 Å². The summed E-state index contributed by atoms with van der Waals surface area (Å²) < 4.78 is 11.3. The van der Waals surface area contributed by atoms with Crippen LogP contribution >= 0.6 is 10.0 Å². The Hall–Kier alpha value is -9.99. The van der Waals surface area contributed by atoms with Crippen molar-refractivity contribution in [3.05, 3.63) is 278 Å². The lowest BCUT2D eigenvalue weighted by molar-refractivity contribution is 0.669. The van der Waals surface area contributed by atoms with Crippen molar-refractivity contribution < 1.29 is 4.42 Å². The van der Waals surface area contributed by atoms with E-state index in [1.807, 2.05) is 36.4 Å². The van der Waals surface area contributed by atoms with Gasteiger partial charge in [-0.05, 0) is 131 Å². The summed E-state index contributed by atoms with van der Waals surface area (Å²) >= 11 is 0. The van der Waals surface area contributed by atoms with Gasteiger partial charge in [0, 0.05) is 80.8 Å². The van der Waals surface area contributed by atoms with Crippen LogP contribution in [-0.2, 0) is 6.42 Å². The first-order valence-corrected chi connectivity index (χ1v) is 30.9. The van der Waals surface area contributed by atoms with Gasteiger partial charge in [-0.1, -0.05) is 193 Å². The second-order valence-corrected chi connectivity index (χ2v) is 25.4. The van der Waals surface area contributed by atoms with Crippen LogP contribution < -0.4 is 27.3 Å². The summed E-state index contributed by atoms with van der Waals surface area (Å²) in [4.78, 5) is 3.57. The highest BCUT2D eigenvalue weighted by molar-refractivity contribution is 8.34. The van der Waals surface area contributed by atoms with Crippen LogP contribution in [0, 0.1) is 12.1 Å². The van der Waals surface area contributed by atoms with Crippen molar-refractivity contribution in [3.8, 4) is 55.9 Å². The maximum Gasteiger partial charge on any atom is 0.135 e. The molecule has 0 aliphatic heterocycles. The van der Waals surface area contributed by atoms with Gasteiger partial charge in [0.05, 0.1) is 22.2 Å². The molecule has 0 fully saturated rings. The highest BCUT2D eigenvalue weighted by atomic mass is 32.3. The Labute approximate surface area is 514 Å². The molecule has 0 amide bonds. The molecular formula is C78H47B5N2OS.